The van der Waals surface area contributed by atoms with E-state index in [2.05, 4.69) is 31.9 Å². The van der Waals surface area contributed by atoms with Gasteiger partial charge < -0.3 is 51.5 Å². The molecular weight excluding hydrogens is 1050 g/mol. The van der Waals surface area contributed by atoms with Gasteiger partial charge in [0, 0.05) is 63.2 Å². The van der Waals surface area contributed by atoms with Crippen molar-refractivity contribution in [3.8, 4) is 0 Å². The number of nitrogens with zero attached hydrogens (tertiary/aromatic N) is 4. The molecule has 3 saturated carbocycles. The summed E-state index contributed by atoms with van der Waals surface area (Å²) < 4.78 is 27.7. The number of halogens is 2. The van der Waals surface area contributed by atoms with Crippen LogP contribution in [0.5, 0.6) is 0 Å². The average Bonchev–Trinajstić information content (AvgIpc) is 4.20. The van der Waals surface area contributed by atoms with Crippen molar-refractivity contribution in [2.24, 2.45) is 23.7 Å². The first-order valence-corrected chi connectivity index (χ1v) is 30.7. The Kier molecular flexibility index (Phi) is 24.5. The predicted molar refractivity (Wildman–Crippen MR) is 308 cm³/mol. The molecule has 6 atom stereocenters. The molecule has 2 aliphatic heterocycles. The van der Waals surface area contributed by atoms with Crippen molar-refractivity contribution in [3.63, 3.8) is 0 Å². The summed E-state index contributed by atoms with van der Waals surface area (Å²) in [6.07, 6.45) is 14.8. The first kappa shape index (κ1) is 63.6. The lowest BCUT2D eigenvalue weighted by molar-refractivity contribution is -0.141. The quantitative estimate of drug-likeness (QED) is 0.0758. The van der Waals surface area contributed by atoms with E-state index in [1.54, 1.807) is 62.0 Å². The van der Waals surface area contributed by atoms with Gasteiger partial charge in [0.2, 0.25) is 47.3 Å². The minimum Gasteiger partial charge on any atom is -0.347 e. The lowest BCUT2D eigenvalue weighted by Crippen LogP contribution is -2.58. The standard InChI is InChI=1S/C62H92F2N10O8/c1-41(65-3)57(77)69-55(45-13-7-5-8-14-45)61(81)73-33-11-17-51(73)39-71(35-31-43-19-27-49(63)28-20-43)53(75)37-67-59(79)47-23-25-48(26-24-47)60(80)68-38-54(76)72(36-32-44-21-29-50(64)30-22-44)40-52-18-12-34-74(52)62(82)56(46-15-9-6-10-16-46)70-58(78)42(2)66-4/h19-22,27-30,41-42,45-48,51-52,55-56,65-66H,5-18,23-26,31-40H2,1-4H3,(H,67,79)(H,68,80)(H,69,77)(H,70,78)/t41-,42-,47?,48?,51-,52-,55-,56-/m0/s1. The first-order chi connectivity index (χ1) is 39.5. The fourth-order valence-corrected chi connectivity index (χ4v) is 12.9. The second-order valence-electron chi connectivity index (χ2n) is 23.9. The van der Waals surface area contributed by atoms with Gasteiger partial charge in [-0.25, -0.2) is 8.78 Å². The zero-order valence-electron chi connectivity index (χ0n) is 49.0. The normalized spacial score (nSPS) is 22.1. The minimum atomic E-state index is -0.677. The molecule has 5 aliphatic rings. The van der Waals surface area contributed by atoms with Crippen LogP contribution < -0.4 is 31.9 Å². The maximum atomic E-state index is 14.5. The SMILES string of the molecule is CN[C@@H](C)C(=O)N[C@H](C(=O)N1CCC[C@H]1CN(CCc1ccc(F)cc1)C(=O)CNC(=O)C1CCC(C(=O)NCC(=O)N(CCc2ccc(F)cc2)C[C@@H]2CCCN2C(=O)[C@@H](NC(=O)[C@H](C)NC)C2CCCCC2)CC1)C1CCCCC1. The lowest BCUT2D eigenvalue weighted by atomic mass is 9.81. The lowest BCUT2D eigenvalue weighted by Gasteiger charge is -2.37. The van der Waals surface area contributed by atoms with Crippen LogP contribution >= 0.6 is 0 Å². The van der Waals surface area contributed by atoms with E-state index in [0.717, 1.165) is 88.2 Å². The third kappa shape index (κ3) is 18.0. The molecule has 6 N–H and O–H groups in total. The second-order valence-corrected chi connectivity index (χ2v) is 23.9. The van der Waals surface area contributed by atoms with E-state index in [0.29, 0.717) is 64.5 Å². The number of hydrogen-bond acceptors (Lipinski definition) is 10. The number of benzene rings is 2. The van der Waals surface area contributed by atoms with Crippen LogP contribution in [0.15, 0.2) is 48.5 Å². The molecule has 452 valence electrons. The van der Waals surface area contributed by atoms with Crippen LogP contribution in [-0.2, 0) is 51.2 Å². The fourth-order valence-electron chi connectivity index (χ4n) is 12.9. The zero-order chi connectivity index (χ0) is 58.7. The highest BCUT2D eigenvalue weighted by Crippen LogP contribution is 2.33. The number of likely N-dealkylation sites (N-methyl/N-ethyl adjacent to an activating group) is 2. The molecule has 82 heavy (non-hydrogen) atoms. The third-order valence-electron chi connectivity index (χ3n) is 18.4. The van der Waals surface area contributed by atoms with E-state index in [1.165, 1.54) is 24.3 Å². The molecule has 0 spiro atoms. The van der Waals surface area contributed by atoms with Crippen molar-refractivity contribution in [1.29, 1.82) is 0 Å². The van der Waals surface area contributed by atoms with Crippen molar-refractivity contribution in [1.82, 2.24) is 51.5 Å². The minimum absolute atomic E-state index is 0.0117. The maximum absolute atomic E-state index is 14.5. The molecular formula is C62H92F2N10O8. The number of amides is 8. The van der Waals surface area contributed by atoms with Crippen LogP contribution in [0.2, 0.25) is 0 Å². The van der Waals surface area contributed by atoms with Gasteiger partial charge in [0.1, 0.15) is 23.7 Å². The molecule has 0 aromatic heterocycles. The number of nitrogens with one attached hydrogen (secondary N) is 6. The highest BCUT2D eigenvalue weighted by molar-refractivity contribution is 5.92. The van der Waals surface area contributed by atoms with Gasteiger partial charge in [-0.2, -0.15) is 0 Å². The molecule has 3 aliphatic carbocycles. The highest BCUT2D eigenvalue weighted by Gasteiger charge is 2.42. The number of likely N-dealkylation sites (tertiary alicyclic amines) is 2. The fraction of sp³-hybridized carbons (Fsp3) is 0.677. The Hall–Kier alpha value is -6.02. The van der Waals surface area contributed by atoms with E-state index >= 15 is 0 Å². The second kappa shape index (κ2) is 31.6. The van der Waals surface area contributed by atoms with Gasteiger partial charge in [-0.3, -0.25) is 38.4 Å². The molecule has 2 aromatic carbocycles. The Morgan fingerprint density at radius 3 is 1.20 bits per heavy atom. The Balaban J connectivity index is 0.934. The van der Waals surface area contributed by atoms with Gasteiger partial charge in [-0.15, -0.1) is 0 Å². The van der Waals surface area contributed by atoms with Crippen LogP contribution in [0.1, 0.15) is 141 Å². The van der Waals surface area contributed by atoms with Crippen molar-refractivity contribution in [2.75, 3.05) is 66.5 Å². The van der Waals surface area contributed by atoms with Gasteiger partial charge in [-0.05, 0) is 165 Å². The average molecular weight is 1140 g/mol. The van der Waals surface area contributed by atoms with Crippen molar-refractivity contribution < 1.29 is 47.1 Å². The Morgan fingerprint density at radius 2 is 0.854 bits per heavy atom. The molecule has 0 radical (unpaired) electrons. The summed E-state index contributed by atoms with van der Waals surface area (Å²) in [5.74, 6) is -3.57. The van der Waals surface area contributed by atoms with E-state index < -0.39 is 36.0 Å². The van der Waals surface area contributed by atoms with Crippen molar-refractivity contribution in [2.45, 2.75) is 179 Å². The van der Waals surface area contributed by atoms with Gasteiger partial charge in [-0.1, -0.05) is 62.8 Å². The molecule has 2 aromatic rings. The Morgan fingerprint density at radius 1 is 0.500 bits per heavy atom. The van der Waals surface area contributed by atoms with Crippen LogP contribution in [0.25, 0.3) is 0 Å². The van der Waals surface area contributed by atoms with E-state index in [-0.39, 0.29) is 122 Å². The van der Waals surface area contributed by atoms with Crippen LogP contribution in [0.3, 0.4) is 0 Å². The van der Waals surface area contributed by atoms with Gasteiger partial charge in [0.15, 0.2) is 0 Å². The van der Waals surface area contributed by atoms with E-state index in [9.17, 15) is 47.1 Å². The molecule has 2 heterocycles. The smallest absolute Gasteiger partial charge is 0.245 e. The van der Waals surface area contributed by atoms with Gasteiger partial charge in [0.25, 0.3) is 0 Å². The van der Waals surface area contributed by atoms with Crippen LogP contribution in [0.4, 0.5) is 8.78 Å². The molecule has 20 heteroatoms. The number of hydrogen-bond donors (Lipinski definition) is 6. The summed E-state index contributed by atoms with van der Waals surface area (Å²) in [6, 6.07) is 9.28. The Labute approximate surface area is 484 Å². The van der Waals surface area contributed by atoms with E-state index in [4.69, 9.17) is 0 Å². The van der Waals surface area contributed by atoms with Gasteiger partial charge >= 0.3 is 0 Å². The molecule has 2 saturated heterocycles. The maximum Gasteiger partial charge on any atom is 0.245 e. The first-order valence-electron chi connectivity index (χ1n) is 30.7. The highest BCUT2D eigenvalue weighted by atomic mass is 19.1. The van der Waals surface area contributed by atoms with E-state index in [1.807, 2.05) is 9.80 Å². The zero-order valence-corrected chi connectivity index (χ0v) is 49.0. The molecule has 18 nitrogen and oxygen atoms in total. The molecule has 5 fully saturated rings. The van der Waals surface area contributed by atoms with Crippen molar-refractivity contribution in [3.05, 3.63) is 71.3 Å². The molecule has 0 bridgehead atoms. The van der Waals surface area contributed by atoms with Crippen LogP contribution in [0, 0.1) is 35.3 Å². The summed E-state index contributed by atoms with van der Waals surface area (Å²) in [5, 5.41) is 17.8. The summed E-state index contributed by atoms with van der Waals surface area (Å²) in [6.45, 7) is 4.97. The number of carbonyl (C=O) groups is 8. The predicted octanol–water partition coefficient (Wildman–Crippen LogP) is 4.77. The number of rotatable bonds is 26. The van der Waals surface area contributed by atoms with Crippen molar-refractivity contribution >= 4 is 47.3 Å². The summed E-state index contributed by atoms with van der Waals surface area (Å²) >= 11 is 0. The summed E-state index contributed by atoms with van der Waals surface area (Å²) in [5.41, 5.74) is 1.66. The molecule has 8 amide bonds. The Bertz CT molecular complexity index is 2280. The molecule has 7 rings (SSSR count). The number of carbonyl (C=O) groups excluding carboxylic acids is 8. The summed E-state index contributed by atoms with van der Waals surface area (Å²) in [7, 11) is 3.41. The third-order valence-corrected chi connectivity index (χ3v) is 18.4. The van der Waals surface area contributed by atoms with Crippen LogP contribution in [-0.4, -0.2) is 170 Å². The summed E-state index contributed by atoms with van der Waals surface area (Å²) in [4.78, 5) is 118. The largest absolute Gasteiger partial charge is 0.347 e. The monoisotopic (exact) mass is 1140 g/mol. The molecule has 0 unspecified atom stereocenters. The topological polar surface area (TPSA) is 222 Å². The van der Waals surface area contributed by atoms with Gasteiger partial charge in [0.05, 0.1) is 25.2 Å².